The first-order valence-electron chi connectivity index (χ1n) is 5.17. The van der Waals surface area contributed by atoms with Crippen LogP contribution in [0.4, 0.5) is 0 Å². The molecule has 4 heteroatoms. The molecule has 0 N–H and O–H groups in total. The van der Waals surface area contributed by atoms with Gasteiger partial charge in [0.25, 0.3) is 0 Å². The van der Waals surface area contributed by atoms with Crippen molar-refractivity contribution in [2.24, 2.45) is 0 Å². The summed E-state index contributed by atoms with van der Waals surface area (Å²) in [6.07, 6.45) is 1.79. The molecule has 2 rings (SSSR count). The molecule has 3 nitrogen and oxygen atoms in total. The number of nitrogens with zero attached hydrogens (tertiary/aromatic N) is 2. The van der Waals surface area contributed by atoms with Crippen LogP contribution in [0.1, 0.15) is 12.6 Å². The molecule has 16 heavy (non-hydrogen) atoms. The quantitative estimate of drug-likeness (QED) is 0.813. The molecule has 0 aliphatic carbocycles. The summed E-state index contributed by atoms with van der Waals surface area (Å²) < 4.78 is 7.66. The standard InChI is InChI=1S/C12H13ClN2O/c1-3-15-9(2)8-14-12(15)16-11-7-5-4-6-10(11)13/h4-8H,3H2,1-2H3. The zero-order valence-electron chi connectivity index (χ0n) is 9.27. The van der Waals surface area contributed by atoms with Crippen molar-refractivity contribution in [3.8, 4) is 11.8 Å². The van der Waals surface area contributed by atoms with E-state index in [1.54, 1.807) is 12.3 Å². The molecule has 0 atom stereocenters. The van der Waals surface area contributed by atoms with Crippen molar-refractivity contribution in [1.82, 2.24) is 9.55 Å². The molecule has 0 aliphatic heterocycles. The summed E-state index contributed by atoms with van der Waals surface area (Å²) in [7, 11) is 0. The second-order valence-corrected chi connectivity index (χ2v) is 3.87. The number of hydrogen-bond acceptors (Lipinski definition) is 2. The predicted molar refractivity (Wildman–Crippen MR) is 64.2 cm³/mol. The first-order chi connectivity index (χ1) is 7.72. The Morgan fingerprint density at radius 3 is 2.81 bits per heavy atom. The third-order valence-electron chi connectivity index (χ3n) is 2.37. The lowest BCUT2D eigenvalue weighted by molar-refractivity contribution is 0.413. The molecule has 0 unspecified atom stereocenters. The van der Waals surface area contributed by atoms with Gasteiger partial charge in [-0.2, -0.15) is 0 Å². The van der Waals surface area contributed by atoms with E-state index in [2.05, 4.69) is 4.98 Å². The molecule has 1 aromatic carbocycles. The van der Waals surface area contributed by atoms with Gasteiger partial charge < -0.3 is 4.74 Å². The molecule has 0 bridgehead atoms. The summed E-state index contributed by atoms with van der Waals surface area (Å²) >= 11 is 6.01. The molecule has 84 valence electrons. The number of benzene rings is 1. The number of imidazole rings is 1. The van der Waals surface area contributed by atoms with Crippen molar-refractivity contribution in [1.29, 1.82) is 0 Å². The van der Waals surface area contributed by atoms with Gasteiger partial charge in [-0.1, -0.05) is 23.7 Å². The molecule has 0 spiro atoms. The minimum absolute atomic E-state index is 0.577. The van der Waals surface area contributed by atoms with Crippen LogP contribution in [0.3, 0.4) is 0 Å². The summed E-state index contributed by atoms with van der Waals surface area (Å²) in [5.74, 6) is 0.629. The van der Waals surface area contributed by atoms with Crippen molar-refractivity contribution in [2.45, 2.75) is 20.4 Å². The van der Waals surface area contributed by atoms with Crippen LogP contribution in [0.5, 0.6) is 11.8 Å². The normalized spacial score (nSPS) is 10.4. The average molecular weight is 237 g/mol. The van der Waals surface area contributed by atoms with Gasteiger partial charge in [0.15, 0.2) is 0 Å². The highest BCUT2D eigenvalue weighted by atomic mass is 35.5. The van der Waals surface area contributed by atoms with Crippen LogP contribution in [-0.2, 0) is 6.54 Å². The molecule has 0 radical (unpaired) electrons. The van der Waals surface area contributed by atoms with Gasteiger partial charge in [-0.3, -0.25) is 4.57 Å². The third-order valence-corrected chi connectivity index (χ3v) is 2.68. The zero-order chi connectivity index (χ0) is 11.5. The van der Waals surface area contributed by atoms with Gasteiger partial charge in [-0.25, -0.2) is 4.98 Å². The molecule has 0 fully saturated rings. The minimum atomic E-state index is 0.577. The van der Waals surface area contributed by atoms with Crippen molar-refractivity contribution in [3.63, 3.8) is 0 Å². The molecule has 1 aromatic heterocycles. The topological polar surface area (TPSA) is 27.1 Å². The summed E-state index contributed by atoms with van der Waals surface area (Å²) in [5, 5.41) is 0.589. The fourth-order valence-electron chi connectivity index (χ4n) is 1.53. The van der Waals surface area contributed by atoms with E-state index in [1.165, 1.54) is 0 Å². The second kappa shape index (κ2) is 4.58. The van der Waals surface area contributed by atoms with E-state index < -0.39 is 0 Å². The number of aryl methyl sites for hydroxylation is 1. The Labute approximate surface area is 99.6 Å². The molecular weight excluding hydrogens is 224 g/mol. The molecule has 0 saturated heterocycles. The van der Waals surface area contributed by atoms with E-state index in [4.69, 9.17) is 16.3 Å². The summed E-state index contributed by atoms with van der Waals surface area (Å²) in [4.78, 5) is 4.21. The van der Waals surface area contributed by atoms with E-state index in [0.717, 1.165) is 12.2 Å². The van der Waals surface area contributed by atoms with Crippen molar-refractivity contribution >= 4 is 11.6 Å². The molecular formula is C12H13ClN2O. The number of ether oxygens (including phenoxy) is 1. The lowest BCUT2D eigenvalue weighted by atomic mass is 10.3. The van der Waals surface area contributed by atoms with Crippen LogP contribution in [-0.4, -0.2) is 9.55 Å². The highest BCUT2D eigenvalue weighted by Crippen LogP contribution is 2.28. The maximum absolute atomic E-state index is 6.01. The van der Waals surface area contributed by atoms with Gasteiger partial charge in [0.2, 0.25) is 0 Å². The SMILES string of the molecule is CCn1c(C)cnc1Oc1ccccc1Cl. The van der Waals surface area contributed by atoms with E-state index in [1.807, 2.05) is 36.6 Å². The number of aromatic nitrogens is 2. The number of hydrogen-bond donors (Lipinski definition) is 0. The fourth-order valence-corrected chi connectivity index (χ4v) is 1.71. The highest BCUT2D eigenvalue weighted by molar-refractivity contribution is 6.32. The van der Waals surface area contributed by atoms with Gasteiger partial charge in [-0.15, -0.1) is 0 Å². The number of halogens is 1. The average Bonchev–Trinajstić information content (AvgIpc) is 2.63. The van der Waals surface area contributed by atoms with Crippen molar-refractivity contribution in [3.05, 3.63) is 41.2 Å². The minimum Gasteiger partial charge on any atom is -0.424 e. The third kappa shape index (κ3) is 2.04. The molecule has 0 aliphatic rings. The Kier molecular flexibility index (Phi) is 3.15. The molecule has 0 saturated carbocycles. The highest BCUT2D eigenvalue weighted by Gasteiger charge is 2.09. The molecule has 0 amide bonds. The molecule has 1 heterocycles. The lowest BCUT2D eigenvalue weighted by Crippen LogP contribution is -2.00. The van der Waals surface area contributed by atoms with Crippen LogP contribution < -0.4 is 4.74 Å². The van der Waals surface area contributed by atoms with Crippen LogP contribution in [0.25, 0.3) is 0 Å². The Morgan fingerprint density at radius 2 is 2.12 bits per heavy atom. The Hall–Kier alpha value is -1.48. The van der Waals surface area contributed by atoms with Crippen LogP contribution in [0.2, 0.25) is 5.02 Å². The van der Waals surface area contributed by atoms with Crippen molar-refractivity contribution < 1.29 is 4.74 Å². The summed E-state index contributed by atoms with van der Waals surface area (Å²) in [5.41, 5.74) is 1.07. The Morgan fingerprint density at radius 1 is 1.38 bits per heavy atom. The summed E-state index contributed by atoms with van der Waals surface area (Å²) in [6.45, 7) is 4.87. The van der Waals surface area contributed by atoms with E-state index in [9.17, 15) is 0 Å². The van der Waals surface area contributed by atoms with Crippen molar-refractivity contribution in [2.75, 3.05) is 0 Å². The van der Waals surface area contributed by atoms with Crippen LogP contribution in [0, 0.1) is 6.92 Å². The largest absolute Gasteiger partial charge is 0.424 e. The van der Waals surface area contributed by atoms with Gasteiger partial charge in [-0.05, 0) is 26.0 Å². The monoisotopic (exact) mass is 236 g/mol. The molecule has 2 aromatic rings. The zero-order valence-corrected chi connectivity index (χ0v) is 10.0. The van der Waals surface area contributed by atoms with Gasteiger partial charge >= 0.3 is 6.01 Å². The first kappa shape index (κ1) is 11.0. The number of rotatable bonds is 3. The fraction of sp³-hybridized carbons (Fsp3) is 0.250. The predicted octanol–water partition coefficient (Wildman–Crippen LogP) is 3.66. The number of para-hydroxylation sites is 1. The van der Waals surface area contributed by atoms with Crippen LogP contribution in [0.15, 0.2) is 30.5 Å². The van der Waals surface area contributed by atoms with Gasteiger partial charge in [0.05, 0.1) is 11.2 Å². The van der Waals surface area contributed by atoms with E-state index >= 15 is 0 Å². The van der Waals surface area contributed by atoms with E-state index in [-0.39, 0.29) is 0 Å². The maximum atomic E-state index is 6.01. The van der Waals surface area contributed by atoms with Crippen LogP contribution >= 0.6 is 11.6 Å². The smallest absolute Gasteiger partial charge is 0.302 e. The Bertz CT molecular complexity index is 494. The van der Waals surface area contributed by atoms with E-state index in [0.29, 0.717) is 16.8 Å². The Balaban J connectivity index is 2.31. The van der Waals surface area contributed by atoms with Gasteiger partial charge in [0.1, 0.15) is 5.75 Å². The van der Waals surface area contributed by atoms with Gasteiger partial charge in [0, 0.05) is 12.2 Å². The maximum Gasteiger partial charge on any atom is 0.302 e. The second-order valence-electron chi connectivity index (χ2n) is 3.46. The lowest BCUT2D eigenvalue weighted by Gasteiger charge is -2.08. The summed E-state index contributed by atoms with van der Waals surface area (Å²) in [6, 6.07) is 7.95. The first-order valence-corrected chi connectivity index (χ1v) is 5.54.